The lowest BCUT2D eigenvalue weighted by molar-refractivity contribution is -0.120. The largest absolute Gasteiger partial charge is 0.473 e. The first kappa shape index (κ1) is 23.5. The number of rotatable bonds is 9. The highest BCUT2D eigenvalue weighted by molar-refractivity contribution is 6.36. The molecule has 0 saturated heterocycles. The second kappa shape index (κ2) is 10.5. The standard InChI is InChI=1S/C21H30ClFN4O4/c1-12(23)10-30-20-18(22)19-17(9-24-20)26-21(27(19)4)31-16-7-5-15(6-8-16)29-11-13(2)25-14(3)28/h9,12-13,15-16H,5-8,10-11H2,1-4H3,(H,25,28)/t12-,13+,15?,16?/m1/s1. The van der Waals surface area contributed by atoms with Gasteiger partial charge in [-0.1, -0.05) is 11.6 Å². The van der Waals surface area contributed by atoms with Gasteiger partial charge in [0.1, 0.15) is 29.4 Å². The van der Waals surface area contributed by atoms with Crippen LogP contribution in [0.4, 0.5) is 4.39 Å². The topological polar surface area (TPSA) is 87.5 Å². The molecule has 31 heavy (non-hydrogen) atoms. The molecule has 0 radical (unpaired) electrons. The van der Waals surface area contributed by atoms with E-state index in [1.165, 1.54) is 13.8 Å². The molecule has 2 atom stereocenters. The quantitative estimate of drug-likeness (QED) is 0.620. The number of ether oxygens (including phenoxy) is 3. The van der Waals surface area contributed by atoms with Gasteiger partial charge in [0.2, 0.25) is 11.8 Å². The van der Waals surface area contributed by atoms with Crippen LogP contribution in [-0.4, -0.2) is 58.1 Å². The predicted molar refractivity (Wildman–Crippen MR) is 115 cm³/mol. The maximum absolute atomic E-state index is 13.1. The van der Waals surface area contributed by atoms with Crippen molar-refractivity contribution in [2.75, 3.05) is 13.2 Å². The molecule has 0 aliphatic heterocycles. The molecule has 0 unspecified atom stereocenters. The molecule has 3 rings (SSSR count). The summed E-state index contributed by atoms with van der Waals surface area (Å²) in [5.41, 5.74) is 1.23. The van der Waals surface area contributed by atoms with E-state index < -0.39 is 6.17 Å². The molecule has 1 aliphatic carbocycles. The third kappa shape index (κ3) is 6.20. The number of nitrogens with zero attached hydrogens (tertiary/aromatic N) is 3. The number of hydrogen-bond donors (Lipinski definition) is 1. The highest BCUT2D eigenvalue weighted by Gasteiger charge is 2.26. The lowest BCUT2D eigenvalue weighted by Crippen LogP contribution is -2.37. The summed E-state index contributed by atoms with van der Waals surface area (Å²) < 4.78 is 32.3. The highest BCUT2D eigenvalue weighted by Crippen LogP contribution is 2.34. The number of fused-ring (bicyclic) bond motifs is 1. The normalized spacial score (nSPS) is 21.0. The number of aryl methyl sites for hydroxylation is 1. The average Bonchev–Trinajstić information content (AvgIpc) is 3.02. The van der Waals surface area contributed by atoms with Crippen LogP contribution >= 0.6 is 11.6 Å². The lowest BCUT2D eigenvalue weighted by atomic mass is 9.95. The molecule has 0 spiro atoms. The van der Waals surface area contributed by atoms with E-state index in [1.54, 1.807) is 10.8 Å². The number of nitrogens with one attached hydrogen (secondary N) is 1. The molecule has 2 aromatic rings. The molecular weight excluding hydrogens is 427 g/mol. The number of alkyl halides is 1. The Labute approximate surface area is 186 Å². The summed E-state index contributed by atoms with van der Waals surface area (Å²) in [6, 6.07) is 0.449. The van der Waals surface area contributed by atoms with Crippen LogP contribution < -0.4 is 14.8 Å². The van der Waals surface area contributed by atoms with Gasteiger partial charge in [0.15, 0.2) is 0 Å². The van der Waals surface area contributed by atoms with Gasteiger partial charge in [-0.25, -0.2) is 9.37 Å². The Bertz CT molecular complexity index is 899. The zero-order valence-corrected chi connectivity index (χ0v) is 19.1. The second-order valence-electron chi connectivity index (χ2n) is 8.11. The molecule has 1 aliphatic rings. The van der Waals surface area contributed by atoms with Crippen molar-refractivity contribution in [3.63, 3.8) is 0 Å². The Kier molecular flexibility index (Phi) is 7.94. The first-order valence-corrected chi connectivity index (χ1v) is 11.0. The third-order valence-corrected chi connectivity index (χ3v) is 5.50. The van der Waals surface area contributed by atoms with Gasteiger partial charge >= 0.3 is 0 Å². The number of carbonyl (C=O) groups is 1. The Morgan fingerprint density at radius 3 is 2.61 bits per heavy atom. The van der Waals surface area contributed by atoms with Gasteiger partial charge in [-0.05, 0) is 39.5 Å². The third-order valence-electron chi connectivity index (χ3n) is 5.16. The molecular formula is C21H30ClFN4O4. The Morgan fingerprint density at radius 2 is 1.97 bits per heavy atom. The van der Waals surface area contributed by atoms with Crippen LogP contribution in [0.25, 0.3) is 11.0 Å². The van der Waals surface area contributed by atoms with Crippen LogP contribution in [0.1, 0.15) is 46.5 Å². The Hall–Kier alpha value is -2.13. The fourth-order valence-corrected chi connectivity index (χ4v) is 3.99. The van der Waals surface area contributed by atoms with Gasteiger partial charge in [0.05, 0.1) is 24.4 Å². The van der Waals surface area contributed by atoms with E-state index in [0.717, 1.165) is 25.7 Å². The van der Waals surface area contributed by atoms with E-state index in [0.29, 0.717) is 23.7 Å². The van der Waals surface area contributed by atoms with E-state index in [9.17, 15) is 9.18 Å². The number of aromatic nitrogens is 3. The zero-order chi connectivity index (χ0) is 22.5. The van der Waals surface area contributed by atoms with E-state index in [4.69, 9.17) is 25.8 Å². The summed E-state index contributed by atoms with van der Waals surface area (Å²) in [6.07, 6.45) is 4.06. The predicted octanol–water partition coefficient (Wildman–Crippen LogP) is 3.59. The number of halogens is 2. The molecule has 0 aromatic carbocycles. The number of carbonyl (C=O) groups excluding carboxylic acids is 1. The van der Waals surface area contributed by atoms with Crippen LogP contribution in [0.5, 0.6) is 11.9 Å². The maximum Gasteiger partial charge on any atom is 0.297 e. The first-order chi connectivity index (χ1) is 14.7. The van der Waals surface area contributed by atoms with Gasteiger partial charge < -0.3 is 19.5 Å². The second-order valence-corrected chi connectivity index (χ2v) is 8.49. The highest BCUT2D eigenvalue weighted by atomic mass is 35.5. The molecule has 2 aromatic heterocycles. The fourth-order valence-electron chi connectivity index (χ4n) is 3.66. The average molecular weight is 457 g/mol. The smallest absolute Gasteiger partial charge is 0.297 e. The van der Waals surface area contributed by atoms with E-state index in [2.05, 4.69) is 15.3 Å². The van der Waals surface area contributed by atoms with Crippen molar-refractivity contribution < 1.29 is 23.4 Å². The van der Waals surface area contributed by atoms with Crippen molar-refractivity contribution in [2.45, 2.75) is 70.9 Å². The van der Waals surface area contributed by atoms with Gasteiger partial charge in [-0.15, -0.1) is 0 Å². The fraction of sp³-hybridized carbons (Fsp3) is 0.667. The van der Waals surface area contributed by atoms with Crippen molar-refractivity contribution in [1.82, 2.24) is 19.9 Å². The molecule has 1 fully saturated rings. The molecule has 0 bridgehead atoms. The zero-order valence-electron chi connectivity index (χ0n) is 18.4. The van der Waals surface area contributed by atoms with Gasteiger partial charge in [0, 0.05) is 20.0 Å². The Morgan fingerprint density at radius 1 is 1.29 bits per heavy atom. The van der Waals surface area contributed by atoms with Crippen molar-refractivity contribution >= 4 is 28.5 Å². The van der Waals surface area contributed by atoms with Crippen molar-refractivity contribution in [3.05, 3.63) is 11.2 Å². The van der Waals surface area contributed by atoms with E-state index in [1.807, 2.05) is 14.0 Å². The molecule has 1 N–H and O–H groups in total. The summed E-state index contributed by atoms with van der Waals surface area (Å²) in [7, 11) is 1.82. The summed E-state index contributed by atoms with van der Waals surface area (Å²) in [6.45, 7) is 5.22. The number of pyridine rings is 1. The van der Waals surface area contributed by atoms with Crippen molar-refractivity contribution in [2.24, 2.45) is 7.05 Å². The van der Waals surface area contributed by atoms with Gasteiger partial charge in [-0.3, -0.25) is 9.36 Å². The van der Waals surface area contributed by atoms with Crippen LogP contribution in [0.2, 0.25) is 5.02 Å². The molecule has 8 nitrogen and oxygen atoms in total. The minimum atomic E-state index is -1.12. The summed E-state index contributed by atoms with van der Waals surface area (Å²) in [5.74, 6) is 0.126. The van der Waals surface area contributed by atoms with Crippen LogP contribution in [-0.2, 0) is 16.6 Å². The van der Waals surface area contributed by atoms with Crippen LogP contribution in [0.3, 0.4) is 0 Å². The number of amides is 1. The maximum atomic E-state index is 13.1. The molecule has 2 heterocycles. The van der Waals surface area contributed by atoms with Crippen molar-refractivity contribution in [1.29, 1.82) is 0 Å². The SMILES string of the molecule is CC(=O)N[C@@H](C)COC1CCC(Oc2nc3cnc(OC[C@@H](C)F)c(Cl)c3n2C)CC1. The minimum Gasteiger partial charge on any atom is -0.473 e. The Balaban J connectivity index is 1.57. The first-order valence-electron chi connectivity index (χ1n) is 10.6. The molecule has 1 saturated carbocycles. The van der Waals surface area contributed by atoms with E-state index >= 15 is 0 Å². The van der Waals surface area contributed by atoms with Crippen LogP contribution in [0, 0.1) is 0 Å². The summed E-state index contributed by atoms with van der Waals surface area (Å²) in [5, 5.41) is 3.11. The monoisotopic (exact) mass is 456 g/mol. The molecule has 1 amide bonds. The van der Waals surface area contributed by atoms with Crippen LogP contribution in [0.15, 0.2) is 6.20 Å². The van der Waals surface area contributed by atoms with Crippen molar-refractivity contribution in [3.8, 4) is 11.9 Å². The molecule has 10 heteroatoms. The number of hydrogen-bond acceptors (Lipinski definition) is 6. The minimum absolute atomic E-state index is 0.00758. The lowest BCUT2D eigenvalue weighted by Gasteiger charge is -2.29. The number of imidazole rings is 1. The van der Waals surface area contributed by atoms with E-state index in [-0.39, 0.29) is 41.7 Å². The van der Waals surface area contributed by atoms with Gasteiger partial charge in [-0.2, -0.15) is 4.98 Å². The summed E-state index contributed by atoms with van der Waals surface area (Å²) in [4.78, 5) is 19.7. The molecule has 172 valence electrons. The summed E-state index contributed by atoms with van der Waals surface area (Å²) >= 11 is 6.43. The van der Waals surface area contributed by atoms with Gasteiger partial charge in [0.25, 0.3) is 6.01 Å².